The number of primary amides is 1. The van der Waals surface area contributed by atoms with Crippen molar-refractivity contribution in [2.75, 3.05) is 13.1 Å². The average molecular weight is 359 g/mol. The number of nitrogens with one attached hydrogen (secondary N) is 1. The Morgan fingerprint density at radius 1 is 1.08 bits per heavy atom. The zero-order valence-corrected chi connectivity index (χ0v) is 15.6. The lowest BCUT2D eigenvalue weighted by Crippen LogP contribution is -2.53. The third kappa shape index (κ3) is 4.03. The fourth-order valence-electron chi connectivity index (χ4n) is 4.99. The van der Waals surface area contributed by atoms with Gasteiger partial charge in [-0.05, 0) is 32.1 Å². The van der Waals surface area contributed by atoms with Crippen LogP contribution in [0.4, 0.5) is 0 Å². The van der Waals surface area contributed by atoms with E-state index in [0.717, 1.165) is 25.8 Å². The van der Waals surface area contributed by atoms with E-state index < -0.39 is 16.9 Å². The molecule has 143 valence electrons. The summed E-state index contributed by atoms with van der Waals surface area (Å²) in [6.45, 7) is 1.43. The summed E-state index contributed by atoms with van der Waals surface area (Å²) in [7, 11) is 0. The highest BCUT2D eigenvalue weighted by Crippen LogP contribution is 2.39. The predicted molar refractivity (Wildman–Crippen MR) is 98.6 cm³/mol. The molecule has 1 aliphatic heterocycles. The van der Waals surface area contributed by atoms with Crippen molar-refractivity contribution >= 4 is 11.8 Å². The minimum absolute atomic E-state index is 0.322. The van der Waals surface area contributed by atoms with Crippen molar-refractivity contribution in [1.29, 1.82) is 5.26 Å². The van der Waals surface area contributed by atoms with Gasteiger partial charge in [-0.15, -0.1) is 0 Å². The van der Waals surface area contributed by atoms with Gasteiger partial charge >= 0.3 is 0 Å². The highest BCUT2D eigenvalue weighted by Gasteiger charge is 2.45. The molecular formula is C20H31N4O2. The maximum Gasteiger partial charge on any atom is 0.226 e. The Kier molecular flexibility index (Phi) is 5.86. The molecule has 3 rings (SSSR count). The lowest BCUT2D eigenvalue weighted by atomic mass is 9.71. The van der Waals surface area contributed by atoms with Gasteiger partial charge in [0.05, 0.1) is 17.9 Å². The Bertz CT molecular complexity index is 573. The van der Waals surface area contributed by atoms with Gasteiger partial charge in [-0.1, -0.05) is 38.5 Å². The van der Waals surface area contributed by atoms with E-state index in [2.05, 4.69) is 16.3 Å². The van der Waals surface area contributed by atoms with Crippen molar-refractivity contribution in [3.05, 3.63) is 6.42 Å². The molecule has 1 unspecified atom stereocenters. The molecule has 6 heteroatoms. The molecule has 2 amide bonds. The monoisotopic (exact) mass is 359 g/mol. The second kappa shape index (κ2) is 7.96. The van der Waals surface area contributed by atoms with Gasteiger partial charge in [-0.2, -0.15) is 5.26 Å². The predicted octanol–water partition coefficient (Wildman–Crippen LogP) is 2.04. The largest absolute Gasteiger partial charge is 0.369 e. The topological polar surface area (TPSA) is 99.2 Å². The van der Waals surface area contributed by atoms with Gasteiger partial charge in [0.2, 0.25) is 11.8 Å². The van der Waals surface area contributed by atoms with Crippen LogP contribution in [0.2, 0.25) is 0 Å². The lowest BCUT2D eigenvalue weighted by molar-refractivity contribution is -0.131. The molecule has 6 nitrogen and oxygen atoms in total. The van der Waals surface area contributed by atoms with Crippen LogP contribution in [-0.2, 0) is 9.59 Å². The Morgan fingerprint density at radius 3 is 2.35 bits per heavy atom. The van der Waals surface area contributed by atoms with Gasteiger partial charge in [0.1, 0.15) is 5.54 Å². The van der Waals surface area contributed by atoms with Crippen LogP contribution < -0.4 is 11.1 Å². The number of nitrogens with two attached hydrogens (primary N) is 1. The molecule has 1 saturated heterocycles. The van der Waals surface area contributed by atoms with Crippen LogP contribution in [0, 0.1) is 23.2 Å². The van der Waals surface area contributed by atoms with Crippen molar-refractivity contribution in [3.63, 3.8) is 0 Å². The van der Waals surface area contributed by atoms with Crippen LogP contribution in [0.25, 0.3) is 0 Å². The molecule has 0 aromatic rings. The van der Waals surface area contributed by atoms with Crippen molar-refractivity contribution in [1.82, 2.24) is 10.2 Å². The van der Waals surface area contributed by atoms with Crippen molar-refractivity contribution in [3.8, 4) is 6.07 Å². The number of rotatable bonds is 5. The molecule has 2 saturated carbocycles. The zero-order valence-electron chi connectivity index (χ0n) is 15.6. The van der Waals surface area contributed by atoms with Gasteiger partial charge in [-0.25, -0.2) is 0 Å². The van der Waals surface area contributed by atoms with E-state index in [1.807, 2.05) is 0 Å². The number of hydrogen-bond acceptors (Lipinski definition) is 4. The number of carbonyl (C=O) groups is 2. The van der Waals surface area contributed by atoms with E-state index in [9.17, 15) is 14.9 Å². The number of amides is 2. The Morgan fingerprint density at radius 2 is 1.73 bits per heavy atom. The first kappa shape index (κ1) is 19.2. The summed E-state index contributed by atoms with van der Waals surface area (Å²) < 4.78 is 0. The van der Waals surface area contributed by atoms with E-state index in [0.29, 0.717) is 31.8 Å². The minimum atomic E-state index is -0.849. The summed E-state index contributed by atoms with van der Waals surface area (Å²) in [4.78, 5) is 27.0. The number of nitriles is 1. The number of nitrogens with zero attached hydrogens (tertiary/aromatic N) is 2. The van der Waals surface area contributed by atoms with E-state index >= 15 is 0 Å². The molecule has 1 atom stereocenters. The van der Waals surface area contributed by atoms with Crippen LogP contribution in [0.5, 0.6) is 0 Å². The van der Waals surface area contributed by atoms with Gasteiger partial charge in [0, 0.05) is 19.1 Å². The van der Waals surface area contributed by atoms with Crippen LogP contribution in [0.1, 0.15) is 70.6 Å². The van der Waals surface area contributed by atoms with Gasteiger partial charge in [0.15, 0.2) is 0 Å². The maximum absolute atomic E-state index is 12.7. The van der Waals surface area contributed by atoms with E-state index in [1.165, 1.54) is 38.5 Å². The zero-order chi connectivity index (χ0) is 18.6. The molecule has 3 N–H and O–H groups in total. The first-order valence-corrected chi connectivity index (χ1v) is 10.1. The number of carbonyl (C=O) groups excluding carboxylic acids is 2. The van der Waals surface area contributed by atoms with Crippen molar-refractivity contribution in [2.45, 2.75) is 82.2 Å². The van der Waals surface area contributed by atoms with E-state index in [4.69, 9.17) is 5.73 Å². The van der Waals surface area contributed by atoms with Crippen LogP contribution >= 0.6 is 0 Å². The van der Waals surface area contributed by atoms with Crippen LogP contribution in [0.15, 0.2) is 0 Å². The summed E-state index contributed by atoms with van der Waals surface area (Å²) in [6, 6.07) is 2.88. The fourth-order valence-corrected chi connectivity index (χ4v) is 4.99. The molecule has 2 aliphatic carbocycles. The molecule has 3 fully saturated rings. The number of likely N-dealkylation sites (tertiary alicyclic amines) is 1. The summed E-state index contributed by atoms with van der Waals surface area (Å²) in [6.07, 6.45) is 12.4. The Labute approximate surface area is 156 Å². The first-order valence-electron chi connectivity index (χ1n) is 10.1. The molecule has 1 radical (unpaired) electrons. The quantitative estimate of drug-likeness (QED) is 0.784. The standard InChI is InChI=1S/C20H31N4O2/c21-14-20(11-12-24(15-20)16-7-3-1-4-8-16)23-17(25)13-19(18(22)26)9-5-2-6-10-19/h13,16H,1-12,15H2,(H2,22,26)(H,23,25). The van der Waals surface area contributed by atoms with Crippen LogP contribution in [-0.4, -0.2) is 41.4 Å². The molecule has 1 heterocycles. The smallest absolute Gasteiger partial charge is 0.226 e. The highest BCUT2D eigenvalue weighted by molar-refractivity contribution is 5.95. The second-order valence-electron chi connectivity index (χ2n) is 8.42. The van der Waals surface area contributed by atoms with E-state index in [-0.39, 0.29) is 5.91 Å². The molecular weight excluding hydrogens is 328 g/mol. The highest BCUT2D eigenvalue weighted by atomic mass is 16.2. The normalized spacial score (nSPS) is 29.8. The Balaban J connectivity index is 1.61. The van der Waals surface area contributed by atoms with Crippen LogP contribution in [0.3, 0.4) is 0 Å². The average Bonchev–Trinajstić information content (AvgIpc) is 3.07. The molecule has 0 aromatic heterocycles. The summed E-state index contributed by atoms with van der Waals surface area (Å²) in [5, 5.41) is 12.7. The maximum atomic E-state index is 12.7. The van der Waals surface area contributed by atoms with Gasteiger partial charge < -0.3 is 11.1 Å². The summed E-state index contributed by atoms with van der Waals surface area (Å²) >= 11 is 0. The molecule has 3 aliphatic rings. The SMILES string of the molecule is N#CC1(NC(=O)[CH]C2(C(N)=O)CCCCC2)CCN(C2CCCCC2)C1. The van der Waals surface area contributed by atoms with Crippen molar-refractivity contribution < 1.29 is 9.59 Å². The second-order valence-corrected chi connectivity index (χ2v) is 8.42. The minimum Gasteiger partial charge on any atom is -0.369 e. The third-order valence-corrected chi connectivity index (χ3v) is 6.61. The molecule has 26 heavy (non-hydrogen) atoms. The molecule has 0 spiro atoms. The lowest BCUT2D eigenvalue weighted by Gasteiger charge is -2.35. The molecule has 0 bridgehead atoms. The third-order valence-electron chi connectivity index (χ3n) is 6.61. The van der Waals surface area contributed by atoms with Gasteiger partial charge in [0.25, 0.3) is 0 Å². The van der Waals surface area contributed by atoms with Crippen molar-refractivity contribution in [2.24, 2.45) is 11.1 Å². The first-order chi connectivity index (χ1) is 12.5. The number of hydrogen-bond donors (Lipinski definition) is 2. The Hall–Kier alpha value is -1.61. The van der Waals surface area contributed by atoms with Gasteiger partial charge in [-0.3, -0.25) is 14.5 Å². The molecule has 0 aromatic carbocycles. The van der Waals surface area contributed by atoms with E-state index in [1.54, 1.807) is 0 Å². The summed E-state index contributed by atoms with van der Waals surface area (Å²) in [5.41, 5.74) is 3.92. The fraction of sp³-hybridized carbons (Fsp3) is 0.800. The summed E-state index contributed by atoms with van der Waals surface area (Å²) in [5.74, 6) is -0.744.